The van der Waals surface area contributed by atoms with Crippen molar-refractivity contribution >= 4 is 6.03 Å². The molecule has 1 aromatic rings. The van der Waals surface area contributed by atoms with Crippen molar-refractivity contribution in [1.29, 1.82) is 0 Å². The Balaban J connectivity index is 1.79. The first-order valence-electron chi connectivity index (χ1n) is 7.70. The summed E-state index contributed by atoms with van der Waals surface area (Å²) >= 11 is 0. The predicted molar refractivity (Wildman–Crippen MR) is 79.9 cm³/mol. The maximum Gasteiger partial charge on any atom is 0.317 e. The molecule has 0 spiro atoms. The highest BCUT2D eigenvalue weighted by Crippen LogP contribution is 2.29. The van der Waals surface area contributed by atoms with E-state index in [1.165, 1.54) is 0 Å². The Morgan fingerprint density at radius 3 is 2.95 bits per heavy atom. The summed E-state index contributed by atoms with van der Waals surface area (Å²) in [4.78, 5) is 16.0. The van der Waals surface area contributed by atoms with Gasteiger partial charge in [0.1, 0.15) is 11.5 Å². The standard InChI is InChI=1S/C15H24N4O2/c1-3-12(16)14(13-5-4-10(2)21-13)18-6-7-19-11(9-18)8-17-15(19)20/h4-5,11-12,14H,3,6-9,16H2,1-2H3,(H,17,20). The zero-order valence-electron chi connectivity index (χ0n) is 12.7. The number of nitrogens with one attached hydrogen (secondary N) is 1. The third kappa shape index (κ3) is 2.65. The lowest BCUT2D eigenvalue weighted by Crippen LogP contribution is -2.55. The lowest BCUT2D eigenvalue weighted by atomic mass is 10.00. The van der Waals surface area contributed by atoms with Crippen molar-refractivity contribution in [3.63, 3.8) is 0 Å². The number of amides is 2. The molecule has 1 aromatic heterocycles. The molecule has 0 radical (unpaired) electrons. The minimum atomic E-state index is 0.0344. The molecule has 0 bridgehead atoms. The summed E-state index contributed by atoms with van der Waals surface area (Å²) < 4.78 is 5.84. The van der Waals surface area contributed by atoms with E-state index in [1.807, 2.05) is 24.0 Å². The lowest BCUT2D eigenvalue weighted by molar-refractivity contribution is 0.0669. The second kappa shape index (κ2) is 5.69. The van der Waals surface area contributed by atoms with E-state index in [0.717, 1.165) is 44.1 Å². The smallest absolute Gasteiger partial charge is 0.317 e. The minimum Gasteiger partial charge on any atom is -0.465 e. The van der Waals surface area contributed by atoms with Gasteiger partial charge in [-0.3, -0.25) is 4.90 Å². The van der Waals surface area contributed by atoms with Gasteiger partial charge < -0.3 is 20.4 Å². The molecule has 2 aliphatic heterocycles. The Kier molecular flexibility index (Phi) is 3.91. The zero-order chi connectivity index (χ0) is 15.0. The van der Waals surface area contributed by atoms with Gasteiger partial charge in [0.2, 0.25) is 0 Å². The van der Waals surface area contributed by atoms with Gasteiger partial charge in [-0.25, -0.2) is 4.79 Å². The molecule has 0 saturated carbocycles. The molecule has 6 heteroatoms. The van der Waals surface area contributed by atoms with E-state index < -0.39 is 0 Å². The molecule has 21 heavy (non-hydrogen) atoms. The number of piperazine rings is 1. The van der Waals surface area contributed by atoms with E-state index in [1.54, 1.807) is 0 Å². The largest absolute Gasteiger partial charge is 0.465 e. The van der Waals surface area contributed by atoms with Crippen LogP contribution in [0.3, 0.4) is 0 Å². The lowest BCUT2D eigenvalue weighted by Gasteiger charge is -2.41. The van der Waals surface area contributed by atoms with Crippen molar-refractivity contribution in [3.8, 4) is 0 Å². The summed E-state index contributed by atoms with van der Waals surface area (Å²) in [5.41, 5.74) is 6.36. The van der Waals surface area contributed by atoms with Gasteiger partial charge in [0.15, 0.2) is 0 Å². The Hall–Kier alpha value is -1.53. The number of nitrogens with zero attached hydrogens (tertiary/aromatic N) is 2. The maximum atomic E-state index is 11.7. The van der Waals surface area contributed by atoms with E-state index in [9.17, 15) is 4.79 Å². The summed E-state index contributed by atoms with van der Waals surface area (Å²) in [6.07, 6.45) is 0.895. The molecule has 2 aliphatic rings. The van der Waals surface area contributed by atoms with Crippen molar-refractivity contribution in [1.82, 2.24) is 15.1 Å². The number of urea groups is 1. The Morgan fingerprint density at radius 1 is 1.48 bits per heavy atom. The van der Waals surface area contributed by atoms with Crippen molar-refractivity contribution < 1.29 is 9.21 Å². The van der Waals surface area contributed by atoms with Gasteiger partial charge in [0.25, 0.3) is 0 Å². The van der Waals surface area contributed by atoms with E-state index >= 15 is 0 Å². The van der Waals surface area contributed by atoms with Crippen LogP contribution in [0.5, 0.6) is 0 Å². The van der Waals surface area contributed by atoms with Gasteiger partial charge in [-0.1, -0.05) is 6.92 Å². The summed E-state index contributed by atoms with van der Waals surface area (Å²) in [5, 5.41) is 2.91. The van der Waals surface area contributed by atoms with Gasteiger partial charge >= 0.3 is 6.03 Å². The van der Waals surface area contributed by atoms with Crippen LogP contribution in [0.15, 0.2) is 16.5 Å². The molecule has 0 aliphatic carbocycles. The Bertz CT molecular complexity index is 516. The minimum absolute atomic E-state index is 0.0344. The van der Waals surface area contributed by atoms with Crippen molar-refractivity contribution in [3.05, 3.63) is 23.7 Å². The fraction of sp³-hybridized carbons (Fsp3) is 0.667. The first-order chi connectivity index (χ1) is 10.1. The van der Waals surface area contributed by atoms with Crippen molar-refractivity contribution in [2.24, 2.45) is 5.73 Å². The molecule has 2 fully saturated rings. The summed E-state index contributed by atoms with van der Waals surface area (Å²) in [6.45, 7) is 7.21. The van der Waals surface area contributed by atoms with Crippen LogP contribution in [0, 0.1) is 6.92 Å². The molecular formula is C15H24N4O2. The predicted octanol–water partition coefficient (Wildman–Crippen LogP) is 1.08. The molecule has 3 atom stereocenters. The van der Waals surface area contributed by atoms with E-state index in [2.05, 4.69) is 17.1 Å². The molecule has 3 rings (SSSR count). The molecule has 3 unspecified atom stereocenters. The Morgan fingerprint density at radius 2 is 2.29 bits per heavy atom. The molecule has 0 aromatic carbocycles. The fourth-order valence-electron chi connectivity index (χ4n) is 3.38. The Labute approximate surface area is 125 Å². The molecule has 3 N–H and O–H groups in total. The summed E-state index contributed by atoms with van der Waals surface area (Å²) in [7, 11) is 0. The average Bonchev–Trinajstić information content (AvgIpc) is 3.06. The van der Waals surface area contributed by atoms with Gasteiger partial charge in [-0.15, -0.1) is 0 Å². The van der Waals surface area contributed by atoms with Crippen LogP contribution in [-0.4, -0.2) is 54.1 Å². The van der Waals surface area contributed by atoms with Crippen molar-refractivity contribution in [2.45, 2.75) is 38.4 Å². The molecule has 116 valence electrons. The third-order valence-corrected chi connectivity index (χ3v) is 4.59. The van der Waals surface area contributed by atoms with Crippen LogP contribution < -0.4 is 11.1 Å². The highest BCUT2D eigenvalue weighted by atomic mass is 16.3. The molecule has 3 heterocycles. The maximum absolute atomic E-state index is 11.7. The number of carbonyl (C=O) groups excluding carboxylic acids is 1. The number of hydrogen-bond acceptors (Lipinski definition) is 4. The number of carbonyl (C=O) groups is 1. The summed E-state index contributed by atoms with van der Waals surface area (Å²) in [5.74, 6) is 1.85. The summed E-state index contributed by atoms with van der Waals surface area (Å²) in [6, 6.07) is 4.44. The number of hydrogen-bond donors (Lipinski definition) is 2. The highest BCUT2D eigenvalue weighted by Gasteiger charge is 2.39. The van der Waals surface area contributed by atoms with Crippen LogP contribution in [0.25, 0.3) is 0 Å². The van der Waals surface area contributed by atoms with Crippen molar-refractivity contribution in [2.75, 3.05) is 26.2 Å². The number of rotatable bonds is 4. The van der Waals surface area contributed by atoms with Crippen LogP contribution in [0.2, 0.25) is 0 Å². The van der Waals surface area contributed by atoms with Gasteiger partial charge in [0.05, 0.1) is 12.1 Å². The van der Waals surface area contributed by atoms with E-state index in [-0.39, 0.29) is 24.2 Å². The van der Waals surface area contributed by atoms with Gasteiger partial charge in [0, 0.05) is 32.2 Å². The number of fused-ring (bicyclic) bond motifs is 1. The zero-order valence-corrected chi connectivity index (χ0v) is 12.7. The second-order valence-corrected chi connectivity index (χ2v) is 5.99. The number of aryl methyl sites for hydroxylation is 1. The monoisotopic (exact) mass is 292 g/mol. The van der Waals surface area contributed by atoms with Crippen LogP contribution in [0.4, 0.5) is 4.79 Å². The third-order valence-electron chi connectivity index (χ3n) is 4.59. The first kappa shape index (κ1) is 14.4. The number of furan rings is 1. The highest BCUT2D eigenvalue weighted by molar-refractivity contribution is 5.77. The van der Waals surface area contributed by atoms with Gasteiger partial charge in [-0.2, -0.15) is 0 Å². The molecular weight excluding hydrogens is 268 g/mol. The van der Waals surface area contributed by atoms with Crippen LogP contribution in [-0.2, 0) is 0 Å². The second-order valence-electron chi connectivity index (χ2n) is 5.99. The van der Waals surface area contributed by atoms with Crippen LogP contribution in [0.1, 0.15) is 30.9 Å². The average molecular weight is 292 g/mol. The van der Waals surface area contributed by atoms with Crippen LogP contribution >= 0.6 is 0 Å². The van der Waals surface area contributed by atoms with E-state index in [4.69, 9.17) is 10.2 Å². The topological polar surface area (TPSA) is 74.7 Å². The SMILES string of the molecule is CCC(N)C(c1ccc(C)o1)N1CCN2C(=O)NCC2C1. The first-order valence-corrected chi connectivity index (χ1v) is 7.70. The molecule has 2 saturated heterocycles. The fourth-order valence-corrected chi connectivity index (χ4v) is 3.38. The number of nitrogens with two attached hydrogens (primary N) is 1. The normalized spacial score (nSPS) is 25.6. The molecule has 6 nitrogen and oxygen atoms in total. The molecule has 2 amide bonds. The van der Waals surface area contributed by atoms with Gasteiger partial charge in [-0.05, 0) is 25.5 Å². The van der Waals surface area contributed by atoms with E-state index in [0.29, 0.717) is 0 Å². The quantitative estimate of drug-likeness (QED) is 0.870.